The van der Waals surface area contributed by atoms with Crippen molar-refractivity contribution in [3.63, 3.8) is 0 Å². The van der Waals surface area contributed by atoms with E-state index in [0.29, 0.717) is 13.2 Å². The molecule has 1 unspecified atom stereocenters. The molecule has 0 aromatic carbocycles. The Hall–Kier alpha value is -0.120. The summed E-state index contributed by atoms with van der Waals surface area (Å²) in [6, 6.07) is 0. The first-order valence-electron chi connectivity index (χ1n) is 5.61. The number of hydrogen-bond donors (Lipinski definition) is 2. The van der Waals surface area contributed by atoms with E-state index >= 15 is 0 Å². The molecule has 0 spiro atoms. The predicted molar refractivity (Wildman–Crippen MR) is 57.1 cm³/mol. The third-order valence-electron chi connectivity index (χ3n) is 2.97. The average Bonchev–Trinajstić information content (AvgIpc) is 2.96. The third-order valence-corrected chi connectivity index (χ3v) is 2.97. The van der Waals surface area contributed by atoms with Crippen molar-refractivity contribution >= 4 is 0 Å². The van der Waals surface area contributed by atoms with Gasteiger partial charge >= 0.3 is 0 Å². The minimum Gasteiger partial charge on any atom is -0.387 e. The number of rotatable bonds is 8. The molecule has 1 atom stereocenters. The molecule has 1 saturated carbocycles. The van der Waals surface area contributed by atoms with Crippen molar-refractivity contribution in [2.75, 3.05) is 20.3 Å². The van der Waals surface area contributed by atoms with Crippen LogP contribution in [-0.2, 0) is 4.74 Å². The molecular weight excluding hydrogens is 178 g/mol. The zero-order valence-corrected chi connectivity index (χ0v) is 9.17. The second kappa shape index (κ2) is 5.69. The molecule has 1 rings (SSSR count). The highest BCUT2D eigenvalue weighted by Crippen LogP contribution is 2.36. The van der Waals surface area contributed by atoms with Crippen LogP contribution in [0.5, 0.6) is 0 Å². The van der Waals surface area contributed by atoms with Crippen LogP contribution in [0.25, 0.3) is 0 Å². The largest absolute Gasteiger partial charge is 0.387 e. The Morgan fingerprint density at radius 1 is 1.43 bits per heavy atom. The standard InChI is InChI=1S/C11H23NO2/c1-14-9-11(13,6-2-8-12)7-5-10-3-4-10/h10,13H,2-9,12H2,1H3. The van der Waals surface area contributed by atoms with Gasteiger partial charge in [-0.25, -0.2) is 0 Å². The summed E-state index contributed by atoms with van der Waals surface area (Å²) in [6.07, 6.45) is 6.35. The van der Waals surface area contributed by atoms with Crippen molar-refractivity contribution in [2.45, 2.75) is 44.1 Å². The van der Waals surface area contributed by atoms with E-state index in [1.807, 2.05) is 0 Å². The molecule has 3 nitrogen and oxygen atoms in total. The van der Waals surface area contributed by atoms with Crippen molar-refractivity contribution in [3.8, 4) is 0 Å². The van der Waals surface area contributed by atoms with Gasteiger partial charge < -0.3 is 15.6 Å². The van der Waals surface area contributed by atoms with Crippen molar-refractivity contribution in [3.05, 3.63) is 0 Å². The molecule has 0 radical (unpaired) electrons. The molecule has 1 aliphatic rings. The summed E-state index contributed by atoms with van der Waals surface area (Å²) in [7, 11) is 1.64. The second-order valence-electron chi connectivity index (χ2n) is 4.53. The summed E-state index contributed by atoms with van der Waals surface area (Å²) in [6.45, 7) is 1.09. The van der Waals surface area contributed by atoms with Crippen LogP contribution in [0.1, 0.15) is 38.5 Å². The van der Waals surface area contributed by atoms with Gasteiger partial charge in [-0.15, -0.1) is 0 Å². The van der Waals surface area contributed by atoms with Gasteiger partial charge in [-0.1, -0.05) is 12.8 Å². The van der Waals surface area contributed by atoms with Gasteiger partial charge in [-0.3, -0.25) is 0 Å². The zero-order valence-electron chi connectivity index (χ0n) is 9.17. The van der Waals surface area contributed by atoms with Crippen molar-refractivity contribution in [1.29, 1.82) is 0 Å². The van der Waals surface area contributed by atoms with Crippen LogP contribution >= 0.6 is 0 Å². The maximum absolute atomic E-state index is 10.2. The topological polar surface area (TPSA) is 55.5 Å². The summed E-state index contributed by atoms with van der Waals surface area (Å²) in [5, 5.41) is 10.2. The second-order valence-corrected chi connectivity index (χ2v) is 4.53. The van der Waals surface area contributed by atoms with Gasteiger partial charge in [0.1, 0.15) is 0 Å². The molecule has 0 aromatic heterocycles. The van der Waals surface area contributed by atoms with Gasteiger partial charge in [-0.2, -0.15) is 0 Å². The van der Waals surface area contributed by atoms with Crippen LogP contribution in [0.2, 0.25) is 0 Å². The Balaban J connectivity index is 2.24. The van der Waals surface area contributed by atoms with Crippen LogP contribution < -0.4 is 5.73 Å². The lowest BCUT2D eigenvalue weighted by Crippen LogP contribution is -2.35. The van der Waals surface area contributed by atoms with Gasteiger partial charge in [0.2, 0.25) is 0 Å². The van der Waals surface area contributed by atoms with Crippen LogP contribution in [0, 0.1) is 5.92 Å². The van der Waals surface area contributed by atoms with Crippen LogP contribution in [-0.4, -0.2) is 31.0 Å². The summed E-state index contributed by atoms with van der Waals surface area (Å²) in [5.74, 6) is 0.872. The molecular formula is C11H23NO2. The summed E-state index contributed by atoms with van der Waals surface area (Å²) >= 11 is 0. The molecule has 0 aromatic rings. The van der Waals surface area contributed by atoms with Gasteiger partial charge in [0.15, 0.2) is 0 Å². The molecule has 3 heteroatoms. The lowest BCUT2D eigenvalue weighted by molar-refractivity contribution is -0.0459. The van der Waals surface area contributed by atoms with E-state index in [1.165, 1.54) is 12.8 Å². The van der Waals surface area contributed by atoms with Crippen molar-refractivity contribution in [1.82, 2.24) is 0 Å². The van der Waals surface area contributed by atoms with Crippen molar-refractivity contribution < 1.29 is 9.84 Å². The van der Waals surface area contributed by atoms with E-state index in [0.717, 1.165) is 31.6 Å². The Morgan fingerprint density at radius 3 is 2.64 bits per heavy atom. The molecule has 84 valence electrons. The highest BCUT2D eigenvalue weighted by atomic mass is 16.5. The van der Waals surface area contributed by atoms with E-state index in [2.05, 4.69) is 0 Å². The maximum Gasteiger partial charge on any atom is 0.0880 e. The molecule has 3 N–H and O–H groups in total. The molecule has 0 bridgehead atoms. The fourth-order valence-corrected chi connectivity index (χ4v) is 1.85. The number of aliphatic hydroxyl groups is 1. The van der Waals surface area contributed by atoms with E-state index in [1.54, 1.807) is 7.11 Å². The van der Waals surface area contributed by atoms with Crippen LogP contribution in [0.15, 0.2) is 0 Å². The van der Waals surface area contributed by atoms with Crippen LogP contribution in [0.4, 0.5) is 0 Å². The normalized spacial score (nSPS) is 20.8. The number of hydrogen-bond acceptors (Lipinski definition) is 3. The van der Waals surface area contributed by atoms with Crippen molar-refractivity contribution in [2.24, 2.45) is 11.7 Å². The third kappa shape index (κ3) is 4.40. The summed E-state index contributed by atoms with van der Waals surface area (Å²) < 4.78 is 5.07. The lowest BCUT2D eigenvalue weighted by Gasteiger charge is -2.27. The van der Waals surface area contributed by atoms with Crippen LogP contribution in [0.3, 0.4) is 0 Å². The zero-order chi connectivity index (χ0) is 10.4. The van der Waals surface area contributed by atoms with E-state index in [4.69, 9.17) is 10.5 Å². The van der Waals surface area contributed by atoms with E-state index in [9.17, 15) is 5.11 Å². The quantitative estimate of drug-likeness (QED) is 0.622. The Kier molecular flexibility index (Phi) is 4.85. The summed E-state index contributed by atoms with van der Waals surface area (Å²) in [5.41, 5.74) is 4.82. The Labute approximate surface area is 86.6 Å². The van der Waals surface area contributed by atoms with Gasteiger partial charge in [0.25, 0.3) is 0 Å². The Bertz CT molecular complexity index is 159. The van der Waals surface area contributed by atoms with E-state index < -0.39 is 5.60 Å². The smallest absolute Gasteiger partial charge is 0.0880 e. The minimum atomic E-state index is -0.628. The number of ether oxygens (including phenoxy) is 1. The highest BCUT2D eigenvalue weighted by molar-refractivity contribution is 4.82. The van der Waals surface area contributed by atoms with E-state index in [-0.39, 0.29) is 0 Å². The molecule has 1 aliphatic carbocycles. The lowest BCUT2D eigenvalue weighted by atomic mass is 9.92. The molecule has 0 saturated heterocycles. The molecule has 0 aliphatic heterocycles. The van der Waals surface area contributed by atoms with Gasteiger partial charge in [-0.05, 0) is 38.1 Å². The first-order chi connectivity index (χ1) is 6.70. The Morgan fingerprint density at radius 2 is 2.14 bits per heavy atom. The molecule has 14 heavy (non-hydrogen) atoms. The maximum atomic E-state index is 10.2. The highest BCUT2D eigenvalue weighted by Gasteiger charge is 2.30. The first-order valence-corrected chi connectivity index (χ1v) is 5.61. The van der Waals surface area contributed by atoms with Gasteiger partial charge in [0, 0.05) is 7.11 Å². The number of nitrogens with two attached hydrogens (primary N) is 1. The first kappa shape index (κ1) is 12.0. The summed E-state index contributed by atoms with van der Waals surface area (Å²) in [4.78, 5) is 0. The average molecular weight is 201 g/mol. The minimum absolute atomic E-state index is 0.444. The fourth-order valence-electron chi connectivity index (χ4n) is 1.85. The molecule has 0 amide bonds. The molecule has 1 fully saturated rings. The van der Waals surface area contributed by atoms with Gasteiger partial charge in [0.05, 0.1) is 12.2 Å². The number of methoxy groups -OCH3 is 1. The monoisotopic (exact) mass is 201 g/mol. The SMILES string of the molecule is COCC(O)(CCCN)CCC1CC1. The fraction of sp³-hybridized carbons (Fsp3) is 1.00. The molecule has 0 heterocycles. The predicted octanol–water partition coefficient (Wildman–Crippen LogP) is 1.29.